The highest BCUT2D eigenvalue weighted by molar-refractivity contribution is 5.78. The molecule has 1 saturated heterocycles. The first kappa shape index (κ1) is 18.5. The minimum absolute atomic E-state index is 0.0822. The number of ether oxygens (including phenoxy) is 1. The Morgan fingerprint density at radius 1 is 0.923 bits per heavy atom. The van der Waals surface area contributed by atoms with E-state index in [0.29, 0.717) is 6.42 Å². The van der Waals surface area contributed by atoms with Gasteiger partial charge < -0.3 is 9.64 Å². The predicted octanol–water partition coefficient (Wildman–Crippen LogP) is 5.01. The zero-order chi connectivity index (χ0) is 18.4. The second-order valence-corrected chi connectivity index (χ2v) is 7.34. The molecule has 1 aliphatic rings. The first-order valence-electron chi connectivity index (χ1n) is 9.73. The van der Waals surface area contributed by atoms with Crippen LogP contribution >= 0.6 is 0 Å². The van der Waals surface area contributed by atoms with E-state index in [2.05, 4.69) is 24.3 Å². The van der Waals surface area contributed by atoms with Gasteiger partial charge in [0.25, 0.3) is 0 Å². The molecule has 0 radical (unpaired) electrons. The molecule has 0 aliphatic carbocycles. The van der Waals surface area contributed by atoms with Gasteiger partial charge in [0, 0.05) is 25.4 Å². The average Bonchev–Trinajstić information content (AvgIpc) is 2.67. The fourth-order valence-corrected chi connectivity index (χ4v) is 3.61. The van der Waals surface area contributed by atoms with Crippen LogP contribution in [0, 0.1) is 0 Å². The van der Waals surface area contributed by atoms with E-state index in [9.17, 15) is 4.79 Å². The van der Waals surface area contributed by atoms with E-state index in [1.807, 2.05) is 49.1 Å². The molecule has 2 aromatic rings. The monoisotopic (exact) mass is 351 g/mol. The number of piperidine rings is 1. The van der Waals surface area contributed by atoms with E-state index < -0.39 is 0 Å². The van der Waals surface area contributed by atoms with Gasteiger partial charge in [0.2, 0.25) is 5.91 Å². The maximum Gasteiger partial charge on any atom is 0.223 e. The van der Waals surface area contributed by atoms with Crippen LogP contribution in [-0.4, -0.2) is 30.0 Å². The Kier molecular flexibility index (Phi) is 6.32. The summed E-state index contributed by atoms with van der Waals surface area (Å²) in [5, 5.41) is 0. The van der Waals surface area contributed by atoms with Crippen molar-refractivity contribution in [2.45, 2.75) is 51.6 Å². The highest BCUT2D eigenvalue weighted by atomic mass is 16.5. The number of hydrogen-bond donors (Lipinski definition) is 0. The van der Waals surface area contributed by atoms with Gasteiger partial charge in [0.15, 0.2) is 0 Å². The third kappa shape index (κ3) is 4.87. The van der Waals surface area contributed by atoms with Crippen molar-refractivity contribution in [3.05, 3.63) is 65.7 Å². The minimum Gasteiger partial charge on any atom is -0.491 e. The summed E-state index contributed by atoms with van der Waals surface area (Å²) in [5.74, 6) is 1.22. The van der Waals surface area contributed by atoms with E-state index in [0.717, 1.165) is 37.2 Å². The highest BCUT2D eigenvalue weighted by Crippen LogP contribution is 2.30. The first-order valence-corrected chi connectivity index (χ1v) is 9.73. The molecule has 138 valence electrons. The molecule has 3 heteroatoms. The van der Waals surface area contributed by atoms with E-state index in [-0.39, 0.29) is 17.9 Å². The fraction of sp³-hybridized carbons (Fsp3) is 0.435. The zero-order valence-corrected chi connectivity index (χ0v) is 15.9. The number of amides is 1. The van der Waals surface area contributed by atoms with Crippen molar-refractivity contribution in [2.75, 3.05) is 13.1 Å². The topological polar surface area (TPSA) is 29.5 Å². The van der Waals surface area contributed by atoms with Gasteiger partial charge in [-0.1, -0.05) is 42.5 Å². The Morgan fingerprint density at radius 2 is 1.54 bits per heavy atom. The Balaban J connectivity index is 1.80. The van der Waals surface area contributed by atoms with Gasteiger partial charge in [-0.2, -0.15) is 0 Å². The maximum absolute atomic E-state index is 12.9. The number of nitrogens with zero attached hydrogens (tertiary/aromatic N) is 1. The van der Waals surface area contributed by atoms with E-state index in [1.54, 1.807) is 0 Å². The van der Waals surface area contributed by atoms with E-state index >= 15 is 0 Å². The molecule has 0 N–H and O–H groups in total. The molecular weight excluding hydrogens is 322 g/mol. The molecule has 26 heavy (non-hydrogen) atoms. The van der Waals surface area contributed by atoms with Crippen molar-refractivity contribution in [3.63, 3.8) is 0 Å². The maximum atomic E-state index is 12.9. The highest BCUT2D eigenvalue weighted by Gasteiger charge is 2.23. The molecule has 0 spiro atoms. The molecule has 1 heterocycles. The molecule has 1 atom stereocenters. The molecule has 2 aromatic carbocycles. The van der Waals surface area contributed by atoms with Crippen LogP contribution in [0.15, 0.2) is 54.6 Å². The van der Waals surface area contributed by atoms with Crippen LogP contribution in [0.2, 0.25) is 0 Å². The van der Waals surface area contributed by atoms with Gasteiger partial charge in [0.1, 0.15) is 5.75 Å². The molecule has 3 nitrogen and oxygen atoms in total. The van der Waals surface area contributed by atoms with Crippen LogP contribution in [0.1, 0.15) is 56.6 Å². The van der Waals surface area contributed by atoms with Crippen molar-refractivity contribution < 1.29 is 9.53 Å². The summed E-state index contributed by atoms with van der Waals surface area (Å²) in [4.78, 5) is 14.9. The van der Waals surface area contributed by atoms with E-state index in [4.69, 9.17) is 4.74 Å². The number of hydrogen-bond acceptors (Lipinski definition) is 2. The Morgan fingerprint density at radius 3 is 2.15 bits per heavy atom. The second-order valence-electron chi connectivity index (χ2n) is 7.34. The normalized spacial score (nSPS) is 15.7. The lowest BCUT2D eigenvalue weighted by Gasteiger charge is -2.29. The summed E-state index contributed by atoms with van der Waals surface area (Å²) in [5.41, 5.74) is 2.35. The molecule has 3 rings (SSSR count). The van der Waals surface area contributed by atoms with Crippen LogP contribution in [0.5, 0.6) is 5.75 Å². The summed E-state index contributed by atoms with van der Waals surface area (Å²) in [6, 6.07) is 18.6. The Hall–Kier alpha value is -2.29. The van der Waals surface area contributed by atoms with E-state index in [1.165, 1.54) is 12.0 Å². The SMILES string of the molecule is CC(C)Oc1ccc(C(CC(=O)N2CCCCC2)c2ccccc2)cc1. The minimum atomic E-state index is 0.0822. The van der Waals surface area contributed by atoms with Crippen molar-refractivity contribution >= 4 is 5.91 Å². The van der Waals surface area contributed by atoms with Crippen LogP contribution in [0.4, 0.5) is 0 Å². The third-order valence-corrected chi connectivity index (χ3v) is 4.94. The van der Waals surface area contributed by atoms with Crippen molar-refractivity contribution in [3.8, 4) is 5.75 Å². The van der Waals surface area contributed by atoms with Crippen molar-refractivity contribution in [1.82, 2.24) is 4.90 Å². The van der Waals surface area contributed by atoms with Gasteiger partial charge in [-0.3, -0.25) is 4.79 Å². The first-order chi connectivity index (χ1) is 12.6. The van der Waals surface area contributed by atoms with Crippen molar-refractivity contribution in [2.24, 2.45) is 0 Å². The summed E-state index contributed by atoms with van der Waals surface area (Å²) in [6.07, 6.45) is 4.18. The van der Waals surface area contributed by atoms with Gasteiger partial charge >= 0.3 is 0 Å². The Bertz CT molecular complexity index is 688. The number of carbonyl (C=O) groups is 1. The molecule has 1 amide bonds. The van der Waals surface area contributed by atoms with Crippen LogP contribution in [0.25, 0.3) is 0 Å². The van der Waals surface area contributed by atoms with Crippen LogP contribution in [0.3, 0.4) is 0 Å². The smallest absolute Gasteiger partial charge is 0.223 e. The van der Waals surface area contributed by atoms with Gasteiger partial charge in [-0.25, -0.2) is 0 Å². The summed E-state index contributed by atoms with van der Waals surface area (Å²) in [7, 11) is 0. The number of benzene rings is 2. The molecule has 0 bridgehead atoms. The number of rotatable bonds is 6. The largest absolute Gasteiger partial charge is 0.491 e. The molecule has 0 saturated carbocycles. The summed E-state index contributed by atoms with van der Waals surface area (Å²) >= 11 is 0. The molecule has 1 fully saturated rings. The van der Waals surface area contributed by atoms with Crippen LogP contribution < -0.4 is 4.74 Å². The standard InChI is InChI=1S/C23H29NO2/c1-18(2)26-21-13-11-20(12-14-21)22(19-9-5-3-6-10-19)17-23(25)24-15-7-4-8-16-24/h3,5-6,9-14,18,22H,4,7-8,15-17H2,1-2H3. The fourth-order valence-electron chi connectivity index (χ4n) is 3.61. The summed E-state index contributed by atoms with van der Waals surface area (Å²) < 4.78 is 5.76. The molecule has 0 aromatic heterocycles. The lowest BCUT2D eigenvalue weighted by molar-refractivity contribution is -0.132. The molecular formula is C23H29NO2. The summed E-state index contributed by atoms with van der Waals surface area (Å²) in [6.45, 7) is 5.86. The third-order valence-electron chi connectivity index (χ3n) is 4.94. The number of carbonyl (C=O) groups excluding carboxylic acids is 1. The van der Waals surface area contributed by atoms with Gasteiger partial charge in [0.05, 0.1) is 6.10 Å². The molecule has 1 unspecified atom stereocenters. The lowest BCUT2D eigenvalue weighted by Crippen LogP contribution is -2.36. The average molecular weight is 351 g/mol. The molecule has 1 aliphatic heterocycles. The van der Waals surface area contributed by atoms with Gasteiger partial charge in [-0.05, 0) is 56.4 Å². The zero-order valence-electron chi connectivity index (χ0n) is 15.9. The van der Waals surface area contributed by atoms with Crippen molar-refractivity contribution in [1.29, 1.82) is 0 Å². The number of likely N-dealkylation sites (tertiary alicyclic amines) is 1. The van der Waals surface area contributed by atoms with Gasteiger partial charge in [-0.15, -0.1) is 0 Å². The lowest BCUT2D eigenvalue weighted by atomic mass is 9.88. The predicted molar refractivity (Wildman–Crippen MR) is 106 cm³/mol. The Labute approximate surface area is 157 Å². The quantitative estimate of drug-likeness (QED) is 0.732. The second kappa shape index (κ2) is 8.88. The van der Waals surface area contributed by atoms with Crippen LogP contribution in [-0.2, 0) is 4.79 Å².